The quantitative estimate of drug-likeness (QED) is 0.584. The molecular formula is C25H30ClNO4. The number of piperidine rings is 1. The number of phenols is 1. The van der Waals surface area contributed by atoms with Gasteiger partial charge in [-0.2, -0.15) is 0 Å². The summed E-state index contributed by atoms with van der Waals surface area (Å²) in [7, 11) is 0. The van der Waals surface area contributed by atoms with Crippen molar-refractivity contribution in [2.24, 2.45) is 0 Å². The van der Waals surface area contributed by atoms with E-state index in [0.29, 0.717) is 40.9 Å². The molecule has 2 heterocycles. The number of nitrogens with one attached hydrogen (secondary N) is 1. The van der Waals surface area contributed by atoms with Crippen molar-refractivity contribution in [1.29, 1.82) is 0 Å². The van der Waals surface area contributed by atoms with E-state index in [9.17, 15) is 9.90 Å². The third-order valence-corrected chi connectivity index (χ3v) is 6.38. The monoisotopic (exact) mass is 443 g/mol. The lowest BCUT2D eigenvalue weighted by molar-refractivity contribution is -0.964. The number of hydrogen-bond acceptors (Lipinski definition) is 4. The zero-order valence-corrected chi connectivity index (χ0v) is 19.0. The molecule has 2 aromatic carbocycles. The number of carbonyl (C=O) groups is 1. The number of carbonyl (C=O) groups excluding carboxylic acids is 1. The zero-order valence-electron chi connectivity index (χ0n) is 18.3. The summed E-state index contributed by atoms with van der Waals surface area (Å²) < 4.78 is 11.6. The summed E-state index contributed by atoms with van der Waals surface area (Å²) in [5.41, 5.74) is 2.58. The van der Waals surface area contributed by atoms with Crippen molar-refractivity contribution in [2.75, 3.05) is 6.61 Å². The lowest BCUT2D eigenvalue weighted by Gasteiger charge is -2.36. The van der Waals surface area contributed by atoms with Crippen LogP contribution in [0.1, 0.15) is 56.0 Å². The lowest BCUT2D eigenvalue weighted by atomic mass is 9.95. The summed E-state index contributed by atoms with van der Waals surface area (Å²) in [6, 6.07) is 14.0. The van der Waals surface area contributed by atoms with E-state index >= 15 is 0 Å². The normalized spacial score (nSPS) is 20.9. The third kappa shape index (κ3) is 4.43. The molecule has 0 saturated carbocycles. The number of halogens is 1. The van der Waals surface area contributed by atoms with Gasteiger partial charge in [-0.1, -0.05) is 30.3 Å². The lowest BCUT2D eigenvalue weighted by Crippen LogP contribution is -3.18. The molecule has 1 fully saturated rings. The van der Waals surface area contributed by atoms with Crippen molar-refractivity contribution >= 4 is 16.9 Å². The Labute approximate surface area is 189 Å². The molecule has 4 rings (SSSR count). The first-order valence-electron chi connectivity index (χ1n) is 10.9. The smallest absolute Gasteiger partial charge is 0.342 e. The van der Waals surface area contributed by atoms with E-state index in [2.05, 4.69) is 13.8 Å². The fraction of sp³-hybridized carbons (Fsp3) is 0.400. The van der Waals surface area contributed by atoms with Gasteiger partial charge in [-0.3, -0.25) is 0 Å². The summed E-state index contributed by atoms with van der Waals surface area (Å²) in [6.07, 6.45) is 3.57. The molecule has 6 heteroatoms. The number of likely N-dealkylation sites (tertiary alicyclic amines) is 1. The van der Waals surface area contributed by atoms with Gasteiger partial charge in [0.25, 0.3) is 0 Å². The molecule has 1 aliphatic rings. The van der Waals surface area contributed by atoms with Crippen molar-refractivity contribution in [2.45, 2.75) is 58.7 Å². The van der Waals surface area contributed by atoms with Crippen molar-refractivity contribution in [1.82, 2.24) is 0 Å². The van der Waals surface area contributed by atoms with E-state index in [4.69, 9.17) is 9.15 Å². The second kappa shape index (κ2) is 9.75. The molecule has 2 N–H and O–H groups in total. The van der Waals surface area contributed by atoms with Gasteiger partial charge in [0.1, 0.15) is 29.2 Å². The Hall–Kier alpha value is -2.50. The topological polar surface area (TPSA) is 64.1 Å². The number of furan rings is 1. The Morgan fingerprint density at radius 2 is 1.81 bits per heavy atom. The minimum Gasteiger partial charge on any atom is -1.00 e. The number of esters is 1. The van der Waals surface area contributed by atoms with Crippen molar-refractivity contribution < 1.29 is 36.4 Å². The average Bonchev–Trinajstić information content (AvgIpc) is 3.13. The van der Waals surface area contributed by atoms with Gasteiger partial charge in [0.05, 0.1) is 24.3 Å². The molecule has 0 radical (unpaired) electrons. The van der Waals surface area contributed by atoms with E-state index in [1.54, 1.807) is 19.1 Å². The number of aromatic hydroxyl groups is 1. The Balaban J connectivity index is 0.00000272. The van der Waals surface area contributed by atoms with Gasteiger partial charge in [-0.05, 0) is 52.2 Å². The van der Waals surface area contributed by atoms with Crippen molar-refractivity contribution in [3.8, 4) is 17.1 Å². The third-order valence-electron chi connectivity index (χ3n) is 6.38. The van der Waals surface area contributed by atoms with Crippen LogP contribution in [-0.4, -0.2) is 29.8 Å². The maximum absolute atomic E-state index is 13.0. The number of fused-ring (bicyclic) bond motifs is 1. The summed E-state index contributed by atoms with van der Waals surface area (Å²) in [4.78, 5) is 14.5. The Bertz CT molecular complexity index is 1040. The van der Waals surface area contributed by atoms with Gasteiger partial charge < -0.3 is 31.6 Å². The van der Waals surface area contributed by atoms with Crippen LogP contribution in [0.15, 0.2) is 46.9 Å². The summed E-state index contributed by atoms with van der Waals surface area (Å²) >= 11 is 0. The van der Waals surface area contributed by atoms with E-state index < -0.39 is 5.97 Å². The van der Waals surface area contributed by atoms with Crippen LogP contribution < -0.4 is 17.3 Å². The van der Waals surface area contributed by atoms with Crippen LogP contribution in [0.2, 0.25) is 0 Å². The van der Waals surface area contributed by atoms with Crippen LogP contribution in [0.4, 0.5) is 0 Å². The number of benzene rings is 2. The predicted octanol–water partition coefficient (Wildman–Crippen LogP) is 1.33. The standard InChI is InChI=1S/C25H29NO4.ClH/c1-4-29-25(28)23-22-19(15-26-16(2)9-8-10-17(26)3)20(27)13-14-21(22)30-24(23)18-11-6-5-7-12-18;/h5-7,11-14,16-17,27H,4,8-10,15H2,1-3H3;1H. The minimum absolute atomic E-state index is 0. The van der Waals surface area contributed by atoms with Crippen molar-refractivity contribution in [3.05, 3.63) is 53.6 Å². The minimum atomic E-state index is -0.420. The summed E-state index contributed by atoms with van der Waals surface area (Å²) in [5.74, 6) is 0.272. The molecule has 0 spiro atoms. The Morgan fingerprint density at radius 1 is 1.13 bits per heavy atom. The number of hydrogen-bond donors (Lipinski definition) is 2. The molecule has 1 aromatic heterocycles. The highest BCUT2D eigenvalue weighted by Gasteiger charge is 2.32. The molecular weight excluding hydrogens is 414 g/mol. The SMILES string of the molecule is CCOC(=O)c1c(-c2ccccc2)oc2ccc(O)c(C[NH+]3C(C)CCCC3C)c12.[Cl-]. The number of quaternary nitrogens is 1. The zero-order chi connectivity index (χ0) is 21.3. The van der Waals surface area contributed by atoms with Gasteiger partial charge in [0.15, 0.2) is 0 Å². The van der Waals surface area contributed by atoms with Crippen LogP contribution in [-0.2, 0) is 11.3 Å². The second-order valence-corrected chi connectivity index (χ2v) is 8.31. The highest BCUT2D eigenvalue weighted by atomic mass is 35.5. The van der Waals surface area contributed by atoms with Gasteiger partial charge >= 0.3 is 5.97 Å². The maximum atomic E-state index is 13.0. The van der Waals surface area contributed by atoms with Crippen LogP contribution in [0, 0.1) is 0 Å². The van der Waals surface area contributed by atoms with Gasteiger partial charge in [0.2, 0.25) is 0 Å². The molecule has 3 aromatic rings. The molecule has 1 saturated heterocycles. The number of phenolic OH excluding ortho intramolecular Hbond substituents is 1. The first-order valence-corrected chi connectivity index (χ1v) is 10.9. The fourth-order valence-electron chi connectivity index (χ4n) is 4.76. The molecule has 0 aliphatic carbocycles. The molecule has 2 atom stereocenters. The summed E-state index contributed by atoms with van der Waals surface area (Å²) in [6.45, 7) is 7.24. The van der Waals surface area contributed by atoms with Crippen LogP contribution >= 0.6 is 0 Å². The molecule has 166 valence electrons. The number of rotatable bonds is 5. The largest absolute Gasteiger partial charge is 1.00 e. The Morgan fingerprint density at radius 3 is 2.45 bits per heavy atom. The van der Waals surface area contributed by atoms with Crippen LogP contribution in [0.25, 0.3) is 22.3 Å². The molecule has 1 aliphatic heterocycles. The maximum Gasteiger partial charge on any atom is 0.342 e. The average molecular weight is 444 g/mol. The first-order chi connectivity index (χ1) is 14.5. The first kappa shape index (κ1) is 23.2. The van der Waals surface area contributed by atoms with Gasteiger partial charge in [0, 0.05) is 10.9 Å². The van der Waals surface area contributed by atoms with Crippen LogP contribution in [0.3, 0.4) is 0 Å². The van der Waals surface area contributed by atoms with E-state index in [1.807, 2.05) is 30.3 Å². The van der Waals surface area contributed by atoms with Crippen LogP contribution in [0.5, 0.6) is 5.75 Å². The highest BCUT2D eigenvalue weighted by Crippen LogP contribution is 2.39. The second-order valence-electron chi connectivity index (χ2n) is 8.31. The number of ether oxygens (including phenoxy) is 1. The van der Waals surface area contributed by atoms with Gasteiger partial charge in [-0.15, -0.1) is 0 Å². The summed E-state index contributed by atoms with van der Waals surface area (Å²) in [5, 5.41) is 11.5. The molecule has 2 unspecified atom stereocenters. The van der Waals surface area contributed by atoms with E-state index in [1.165, 1.54) is 24.2 Å². The van der Waals surface area contributed by atoms with E-state index in [-0.39, 0.29) is 24.8 Å². The fourth-order valence-corrected chi connectivity index (χ4v) is 4.76. The molecule has 31 heavy (non-hydrogen) atoms. The molecule has 0 amide bonds. The van der Waals surface area contributed by atoms with Crippen molar-refractivity contribution in [3.63, 3.8) is 0 Å². The molecule has 0 bridgehead atoms. The van der Waals surface area contributed by atoms with E-state index in [0.717, 1.165) is 11.1 Å². The predicted molar refractivity (Wildman–Crippen MR) is 117 cm³/mol. The highest BCUT2D eigenvalue weighted by molar-refractivity contribution is 6.10. The van der Waals surface area contributed by atoms with Gasteiger partial charge in [-0.25, -0.2) is 4.79 Å². The molecule has 5 nitrogen and oxygen atoms in total. The Kier molecular flexibility index (Phi) is 7.29.